The van der Waals surface area contributed by atoms with Crippen LogP contribution in [0.5, 0.6) is 0 Å². The smallest absolute Gasteiger partial charge is 0.260 e. The summed E-state index contributed by atoms with van der Waals surface area (Å²) in [5, 5.41) is 6.68. The summed E-state index contributed by atoms with van der Waals surface area (Å²) in [5.41, 5.74) is 4.02. The third-order valence-electron chi connectivity index (χ3n) is 5.06. The summed E-state index contributed by atoms with van der Waals surface area (Å²) in [5.74, 6) is 0.639. The van der Waals surface area contributed by atoms with E-state index >= 15 is 0 Å². The van der Waals surface area contributed by atoms with Crippen molar-refractivity contribution in [1.29, 1.82) is 0 Å². The molecule has 0 aliphatic carbocycles. The van der Waals surface area contributed by atoms with Gasteiger partial charge in [-0.3, -0.25) is 4.79 Å². The van der Waals surface area contributed by atoms with Crippen molar-refractivity contribution in [2.45, 2.75) is 32.9 Å². The molecule has 1 unspecified atom stereocenters. The zero-order valence-corrected chi connectivity index (χ0v) is 17.9. The Labute approximate surface area is 178 Å². The maximum atomic E-state index is 12.8. The second-order valence-corrected chi connectivity index (χ2v) is 8.34. The molecule has 0 radical (unpaired) electrons. The van der Waals surface area contributed by atoms with Crippen molar-refractivity contribution in [2.75, 3.05) is 0 Å². The maximum Gasteiger partial charge on any atom is 0.260 e. The molecule has 29 heavy (non-hydrogen) atoms. The fourth-order valence-electron chi connectivity index (χ4n) is 3.47. The molecule has 0 aliphatic rings. The number of nitrogens with one attached hydrogen (secondary N) is 2. The number of fused-ring (bicyclic) bond motifs is 1. The van der Waals surface area contributed by atoms with Crippen LogP contribution in [0.1, 0.15) is 36.3 Å². The van der Waals surface area contributed by atoms with Crippen molar-refractivity contribution in [3.05, 3.63) is 86.2 Å². The van der Waals surface area contributed by atoms with Gasteiger partial charge < -0.3 is 10.3 Å². The van der Waals surface area contributed by atoms with E-state index in [1.54, 1.807) is 0 Å². The molecule has 0 fully saturated rings. The summed E-state index contributed by atoms with van der Waals surface area (Å²) in [6.45, 7) is 4.73. The quantitative estimate of drug-likeness (QED) is 0.408. The van der Waals surface area contributed by atoms with Gasteiger partial charge in [0.1, 0.15) is 10.7 Å². The van der Waals surface area contributed by atoms with Gasteiger partial charge in [0.2, 0.25) is 0 Å². The third kappa shape index (κ3) is 4.13. The van der Waals surface area contributed by atoms with Crippen LogP contribution in [0.2, 0.25) is 5.02 Å². The number of hydrogen-bond acceptors (Lipinski definition) is 4. The van der Waals surface area contributed by atoms with Crippen LogP contribution in [0.15, 0.2) is 58.7 Å². The molecule has 2 heterocycles. The van der Waals surface area contributed by atoms with Crippen molar-refractivity contribution in [3.8, 4) is 11.1 Å². The molecular weight excluding hydrogens is 402 g/mol. The standard InChI is InChI=1S/C23H22ClN3OS/c1-3-19(15-10-8-14(2)9-11-15)25-12-20-26-22(28)21-17(13-29-23(21)27-20)16-6-4-5-7-18(16)24/h4-11,13,19,25H,3,12H2,1-2H3,(H,26,27,28). The van der Waals surface area contributed by atoms with Gasteiger partial charge in [0.15, 0.2) is 0 Å². The molecule has 0 aliphatic heterocycles. The van der Waals surface area contributed by atoms with E-state index in [4.69, 9.17) is 11.6 Å². The summed E-state index contributed by atoms with van der Waals surface area (Å²) in [4.78, 5) is 21.2. The van der Waals surface area contributed by atoms with Crippen LogP contribution < -0.4 is 10.9 Å². The molecule has 0 saturated heterocycles. The van der Waals surface area contributed by atoms with Crippen molar-refractivity contribution in [3.63, 3.8) is 0 Å². The minimum Gasteiger partial charge on any atom is -0.309 e. The number of aromatic nitrogens is 2. The average Bonchev–Trinajstić information content (AvgIpc) is 3.14. The molecule has 6 heteroatoms. The molecule has 148 valence electrons. The lowest BCUT2D eigenvalue weighted by molar-refractivity contribution is 0.508. The molecule has 0 spiro atoms. The van der Waals surface area contributed by atoms with E-state index in [1.165, 1.54) is 22.5 Å². The van der Waals surface area contributed by atoms with Gasteiger partial charge in [-0.2, -0.15) is 0 Å². The summed E-state index contributed by atoms with van der Waals surface area (Å²) >= 11 is 7.80. The largest absolute Gasteiger partial charge is 0.309 e. The molecule has 0 saturated carbocycles. The minimum absolute atomic E-state index is 0.133. The zero-order chi connectivity index (χ0) is 20.4. The number of hydrogen-bond donors (Lipinski definition) is 2. The van der Waals surface area contributed by atoms with Gasteiger partial charge in [-0.1, -0.05) is 66.6 Å². The monoisotopic (exact) mass is 423 g/mol. The molecule has 2 N–H and O–H groups in total. The Balaban J connectivity index is 1.60. The Kier molecular flexibility index (Phi) is 5.81. The molecule has 4 aromatic rings. The Morgan fingerprint density at radius 1 is 1.14 bits per heavy atom. The van der Waals surface area contributed by atoms with Crippen LogP contribution in [-0.2, 0) is 6.54 Å². The number of aryl methyl sites for hydroxylation is 1. The average molecular weight is 424 g/mol. The summed E-state index contributed by atoms with van der Waals surface area (Å²) < 4.78 is 0. The van der Waals surface area contributed by atoms with E-state index in [2.05, 4.69) is 53.4 Å². The predicted molar refractivity (Wildman–Crippen MR) is 122 cm³/mol. The first kappa shape index (κ1) is 19.8. The van der Waals surface area contributed by atoms with Crippen LogP contribution in [0.3, 0.4) is 0 Å². The Morgan fingerprint density at radius 2 is 1.90 bits per heavy atom. The number of benzene rings is 2. The van der Waals surface area contributed by atoms with E-state index in [1.807, 2.05) is 29.6 Å². The Hall–Kier alpha value is -2.47. The van der Waals surface area contributed by atoms with Crippen molar-refractivity contribution in [1.82, 2.24) is 15.3 Å². The van der Waals surface area contributed by atoms with Crippen molar-refractivity contribution in [2.24, 2.45) is 0 Å². The fraction of sp³-hybridized carbons (Fsp3) is 0.217. The molecule has 4 nitrogen and oxygen atoms in total. The highest BCUT2D eigenvalue weighted by molar-refractivity contribution is 7.17. The topological polar surface area (TPSA) is 57.8 Å². The number of aromatic amines is 1. The van der Waals surface area contributed by atoms with Crippen molar-refractivity contribution >= 4 is 33.2 Å². The van der Waals surface area contributed by atoms with Crippen LogP contribution in [0.4, 0.5) is 0 Å². The van der Waals surface area contributed by atoms with Crippen LogP contribution >= 0.6 is 22.9 Å². The second-order valence-electron chi connectivity index (χ2n) is 7.07. The highest BCUT2D eigenvalue weighted by Crippen LogP contribution is 2.34. The molecule has 2 aromatic heterocycles. The first-order chi connectivity index (χ1) is 14.1. The summed E-state index contributed by atoms with van der Waals surface area (Å²) in [6, 6.07) is 16.3. The Morgan fingerprint density at radius 3 is 2.62 bits per heavy atom. The fourth-order valence-corrected chi connectivity index (χ4v) is 4.67. The predicted octanol–water partition coefficient (Wildman–Crippen LogP) is 5.85. The summed E-state index contributed by atoms with van der Waals surface area (Å²) in [7, 11) is 0. The summed E-state index contributed by atoms with van der Waals surface area (Å²) in [6.07, 6.45) is 0.950. The number of nitrogens with zero attached hydrogens (tertiary/aromatic N) is 1. The number of thiophene rings is 1. The molecular formula is C23H22ClN3OS. The van der Waals surface area contributed by atoms with Crippen LogP contribution in [0, 0.1) is 6.92 Å². The van der Waals surface area contributed by atoms with Gasteiger partial charge >= 0.3 is 0 Å². The normalized spacial score (nSPS) is 12.4. The maximum absolute atomic E-state index is 12.8. The molecule has 2 aromatic carbocycles. The first-order valence-electron chi connectivity index (χ1n) is 9.62. The van der Waals surface area contributed by atoms with Crippen LogP contribution in [-0.4, -0.2) is 9.97 Å². The highest BCUT2D eigenvalue weighted by atomic mass is 35.5. The van der Waals surface area contributed by atoms with Gasteiger partial charge in [-0.15, -0.1) is 11.3 Å². The highest BCUT2D eigenvalue weighted by Gasteiger charge is 2.15. The van der Waals surface area contributed by atoms with Gasteiger partial charge in [0.05, 0.1) is 11.9 Å². The second kappa shape index (κ2) is 8.49. The first-order valence-corrected chi connectivity index (χ1v) is 10.9. The zero-order valence-electron chi connectivity index (χ0n) is 16.3. The number of rotatable bonds is 6. The lowest BCUT2D eigenvalue weighted by atomic mass is 10.0. The molecule has 0 bridgehead atoms. The van der Waals surface area contributed by atoms with E-state index in [0.29, 0.717) is 22.8 Å². The molecule has 0 amide bonds. The van der Waals surface area contributed by atoms with E-state index in [-0.39, 0.29) is 11.6 Å². The van der Waals surface area contributed by atoms with Crippen molar-refractivity contribution < 1.29 is 0 Å². The lowest BCUT2D eigenvalue weighted by Gasteiger charge is -2.17. The minimum atomic E-state index is -0.133. The molecule has 1 atom stereocenters. The van der Waals surface area contributed by atoms with Gasteiger partial charge in [0.25, 0.3) is 5.56 Å². The van der Waals surface area contributed by atoms with E-state index in [9.17, 15) is 4.79 Å². The van der Waals surface area contributed by atoms with E-state index < -0.39 is 0 Å². The number of H-pyrrole nitrogens is 1. The third-order valence-corrected chi connectivity index (χ3v) is 6.26. The Bertz CT molecular complexity index is 1200. The SMILES string of the molecule is CCC(NCc1nc2scc(-c3ccccc3Cl)c2c(=O)[nH]1)c1ccc(C)cc1. The molecule has 4 rings (SSSR count). The van der Waals surface area contributed by atoms with E-state index in [0.717, 1.165) is 22.4 Å². The lowest BCUT2D eigenvalue weighted by Crippen LogP contribution is -2.23. The van der Waals surface area contributed by atoms with Crippen LogP contribution in [0.25, 0.3) is 21.3 Å². The number of halogens is 1. The van der Waals surface area contributed by atoms with Gasteiger partial charge in [-0.05, 0) is 25.0 Å². The van der Waals surface area contributed by atoms with Gasteiger partial charge in [-0.25, -0.2) is 4.98 Å². The van der Waals surface area contributed by atoms with Gasteiger partial charge in [0, 0.05) is 27.6 Å².